The lowest BCUT2D eigenvalue weighted by molar-refractivity contribution is 0.651. The van der Waals surface area contributed by atoms with Gasteiger partial charge in [0.1, 0.15) is 0 Å². The van der Waals surface area contributed by atoms with Gasteiger partial charge in [-0.1, -0.05) is 32.1 Å². The van der Waals surface area contributed by atoms with Gasteiger partial charge in [0.15, 0.2) is 0 Å². The molecule has 0 heterocycles. The Balaban J connectivity index is 3.24. The molecule has 0 saturated heterocycles. The van der Waals surface area contributed by atoms with Crippen LogP contribution >= 0.6 is 0 Å². The van der Waals surface area contributed by atoms with Crippen molar-refractivity contribution >= 4 is 18.1 Å². The maximum Gasteiger partial charge on any atom is 0.0405 e. The summed E-state index contributed by atoms with van der Waals surface area (Å²) in [6.07, 6.45) is 6.43. The molecule has 1 unspecified atom stereocenters. The van der Waals surface area contributed by atoms with Crippen LogP contribution in [0.4, 0.5) is 5.69 Å². The highest BCUT2D eigenvalue weighted by Crippen LogP contribution is 2.25. The summed E-state index contributed by atoms with van der Waals surface area (Å²) in [5.41, 5.74) is 11.5. The van der Waals surface area contributed by atoms with Crippen molar-refractivity contribution in [3.63, 3.8) is 0 Å². The molecule has 0 aromatic heterocycles. The normalized spacial score (nSPS) is 14.0. The molecule has 0 saturated carbocycles. The van der Waals surface area contributed by atoms with E-state index < -0.39 is 0 Å². The predicted molar refractivity (Wildman–Crippen MR) is 101 cm³/mol. The van der Waals surface area contributed by atoms with Crippen molar-refractivity contribution in [1.82, 2.24) is 5.32 Å². The molecule has 0 fully saturated rings. The summed E-state index contributed by atoms with van der Waals surface area (Å²) in [5, 5.41) is 18.6. The third-order valence-corrected chi connectivity index (χ3v) is 4.27. The van der Waals surface area contributed by atoms with Crippen molar-refractivity contribution in [3.8, 4) is 0 Å². The highest BCUT2D eigenvalue weighted by Gasteiger charge is 2.14. The quantitative estimate of drug-likeness (QED) is 0.333. The van der Waals surface area contributed by atoms with Crippen LogP contribution in [0.1, 0.15) is 38.3 Å². The van der Waals surface area contributed by atoms with Gasteiger partial charge in [0.05, 0.1) is 0 Å². The first kappa shape index (κ1) is 18.7. The van der Waals surface area contributed by atoms with Gasteiger partial charge in [-0.2, -0.15) is 0 Å². The molecule has 5 N–H and O–H groups in total. The maximum absolute atomic E-state index is 7.81. The van der Waals surface area contributed by atoms with Gasteiger partial charge in [0.25, 0.3) is 0 Å². The molecule has 0 aliphatic carbocycles. The van der Waals surface area contributed by atoms with Crippen LogP contribution in [0, 0.1) is 16.7 Å². The van der Waals surface area contributed by atoms with Crippen LogP contribution in [0.5, 0.6) is 0 Å². The van der Waals surface area contributed by atoms with E-state index in [2.05, 4.69) is 25.2 Å². The molecule has 124 valence electrons. The highest BCUT2D eigenvalue weighted by atomic mass is 14.8. The number of hydrogen-bond acceptors (Lipinski definition) is 4. The molecule has 0 aliphatic heterocycles. The molecule has 1 aromatic carbocycles. The number of anilines is 1. The third kappa shape index (κ3) is 4.55. The second-order valence-corrected chi connectivity index (χ2v) is 5.67. The number of nitrogens with one attached hydrogen (secondary N) is 3. The lowest BCUT2D eigenvalue weighted by Crippen LogP contribution is -2.13. The van der Waals surface area contributed by atoms with Crippen LogP contribution in [-0.4, -0.2) is 19.5 Å². The summed E-state index contributed by atoms with van der Waals surface area (Å²) in [6, 6.07) is 5.69. The number of benzene rings is 1. The van der Waals surface area contributed by atoms with E-state index in [4.69, 9.17) is 16.6 Å². The fraction of sp³-hybridized carbons (Fsp3) is 0.368. The molecular weight excluding hydrogens is 284 g/mol. The summed E-state index contributed by atoms with van der Waals surface area (Å²) < 4.78 is 0. The Labute approximate surface area is 139 Å². The molecule has 0 bridgehead atoms. The van der Waals surface area contributed by atoms with Crippen molar-refractivity contribution in [2.45, 2.75) is 33.6 Å². The molecule has 1 atom stereocenters. The molecule has 0 aliphatic rings. The Morgan fingerprint density at radius 1 is 1.35 bits per heavy atom. The second-order valence-electron chi connectivity index (χ2n) is 5.67. The first-order valence-corrected chi connectivity index (χ1v) is 7.97. The summed E-state index contributed by atoms with van der Waals surface area (Å²) in [5.74, 6) is 0.373. The summed E-state index contributed by atoms with van der Waals surface area (Å²) in [7, 11) is 1.91. The highest BCUT2D eigenvalue weighted by molar-refractivity contribution is 5.87. The zero-order valence-electron chi connectivity index (χ0n) is 14.5. The number of allylic oxidation sites excluding steroid dienone is 4. The average Bonchev–Trinajstić information content (AvgIpc) is 2.57. The van der Waals surface area contributed by atoms with Gasteiger partial charge in [-0.25, -0.2) is 0 Å². The van der Waals surface area contributed by atoms with E-state index in [-0.39, 0.29) is 0 Å². The van der Waals surface area contributed by atoms with Crippen molar-refractivity contribution in [3.05, 3.63) is 52.2 Å². The Hall–Kier alpha value is -2.36. The SMILES string of the molecule is CCC(C)C(/C(C=N)=C/Cc1cccc(N)c1C=N)=C(\C)NC. The van der Waals surface area contributed by atoms with Gasteiger partial charge in [-0.15, -0.1) is 0 Å². The van der Waals surface area contributed by atoms with Crippen LogP contribution in [0.25, 0.3) is 0 Å². The van der Waals surface area contributed by atoms with E-state index >= 15 is 0 Å². The Bertz CT molecular complexity index is 626. The van der Waals surface area contributed by atoms with Gasteiger partial charge in [0.2, 0.25) is 0 Å². The molecule has 4 nitrogen and oxygen atoms in total. The predicted octanol–water partition coefficient (Wildman–Crippen LogP) is 3.92. The van der Waals surface area contributed by atoms with Gasteiger partial charge in [-0.05, 0) is 48.5 Å². The Morgan fingerprint density at radius 2 is 2.04 bits per heavy atom. The average molecular weight is 312 g/mol. The maximum atomic E-state index is 7.81. The monoisotopic (exact) mass is 312 g/mol. The van der Waals surface area contributed by atoms with Crippen LogP contribution in [0.15, 0.2) is 41.1 Å². The summed E-state index contributed by atoms with van der Waals surface area (Å²) >= 11 is 0. The number of hydrogen-bond donors (Lipinski definition) is 4. The Morgan fingerprint density at radius 3 is 2.57 bits per heavy atom. The summed E-state index contributed by atoms with van der Waals surface area (Å²) in [6.45, 7) is 6.37. The largest absolute Gasteiger partial charge is 0.398 e. The third-order valence-electron chi connectivity index (χ3n) is 4.27. The lowest BCUT2D eigenvalue weighted by Gasteiger charge is -2.19. The van der Waals surface area contributed by atoms with E-state index in [1.54, 1.807) is 6.07 Å². The summed E-state index contributed by atoms with van der Waals surface area (Å²) in [4.78, 5) is 0. The minimum absolute atomic E-state index is 0.373. The second kappa shape index (κ2) is 8.93. The smallest absolute Gasteiger partial charge is 0.0405 e. The minimum atomic E-state index is 0.373. The van der Waals surface area contributed by atoms with Gasteiger partial charge >= 0.3 is 0 Å². The van der Waals surface area contributed by atoms with Crippen LogP contribution in [-0.2, 0) is 6.42 Å². The molecule has 0 amide bonds. The first-order valence-electron chi connectivity index (χ1n) is 7.97. The van der Waals surface area contributed by atoms with Crippen molar-refractivity contribution in [2.75, 3.05) is 12.8 Å². The molecule has 4 heteroatoms. The first-order chi connectivity index (χ1) is 11.0. The number of rotatable bonds is 8. The Kier molecular flexibility index (Phi) is 7.26. The molecular formula is C19H28N4. The fourth-order valence-electron chi connectivity index (χ4n) is 2.66. The minimum Gasteiger partial charge on any atom is -0.398 e. The standard InChI is InChI=1S/C19H28N4/c1-5-13(2)19(14(3)23-4)16(11-20)10-9-15-7-6-8-18(22)17(15)12-21/h6-8,10-13,20-21,23H,5,9,22H2,1-4H3/b16-10+,19-14-,20-11?,21-12?. The van der Waals surface area contributed by atoms with Gasteiger partial charge < -0.3 is 21.9 Å². The fourth-order valence-corrected chi connectivity index (χ4v) is 2.66. The number of nitrogen functional groups attached to an aromatic ring is 1. The zero-order valence-corrected chi connectivity index (χ0v) is 14.5. The van der Waals surface area contributed by atoms with E-state index in [0.29, 0.717) is 18.0 Å². The van der Waals surface area contributed by atoms with Crippen molar-refractivity contribution in [2.24, 2.45) is 5.92 Å². The molecule has 1 rings (SSSR count). The molecule has 0 radical (unpaired) electrons. The molecule has 0 spiro atoms. The van der Waals surface area contributed by atoms with Gasteiger partial charge in [0, 0.05) is 36.4 Å². The van der Waals surface area contributed by atoms with Crippen molar-refractivity contribution < 1.29 is 0 Å². The topological polar surface area (TPSA) is 85.8 Å². The van der Waals surface area contributed by atoms with Crippen molar-refractivity contribution in [1.29, 1.82) is 10.8 Å². The molecule has 1 aromatic rings. The van der Waals surface area contributed by atoms with Crippen LogP contribution in [0.2, 0.25) is 0 Å². The van der Waals surface area contributed by atoms with Crippen LogP contribution in [0.3, 0.4) is 0 Å². The number of nitrogens with two attached hydrogens (primary N) is 1. The van der Waals surface area contributed by atoms with E-state index in [0.717, 1.165) is 28.8 Å². The van der Waals surface area contributed by atoms with Gasteiger partial charge in [-0.3, -0.25) is 0 Å². The zero-order chi connectivity index (χ0) is 17.4. The lowest BCUT2D eigenvalue weighted by atomic mass is 9.89. The van der Waals surface area contributed by atoms with E-state index in [1.807, 2.05) is 26.1 Å². The van der Waals surface area contributed by atoms with E-state index in [1.165, 1.54) is 18.0 Å². The van der Waals surface area contributed by atoms with Crippen LogP contribution < -0.4 is 11.1 Å². The molecule has 23 heavy (non-hydrogen) atoms. The van der Waals surface area contributed by atoms with E-state index in [9.17, 15) is 0 Å².